The van der Waals surface area contributed by atoms with Crippen LogP contribution >= 0.6 is 8.60 Å². The third kappa shape index (κ3) is 37.6. The van der Waals surface area contributed by atoms with E-state index in [1.165, 1.54) is 0 Å². The van der Waals surface area contributed by atoms with E-state index in [4.69, 9.17) is 14.7 Å². The molecule has 0 rings (SSSR count). The quantitative estimate of drug-likeness (QED) is 0.373. The molecule has 3 N–H and O–H groups in total. The van der Waals surface area contributed by atoms with E-state index in [0.717, 1.165) is 0 Å². The molecule has 0 unspecified atom stereocenters. The van der Waals surface area contributed by atoms with E-state index >= 15 is 0 Å². The van der Waals surface area contributed by atoms with E-state index in [9.17, 15) is 0 Å². The van der Waals surface area contributed by atoms with Crippen molar-refractivity contribution < 1.29 is 40.5 Å². The van der Waals surface area contributed by atoms with Gasteiger partial charge in [-0.2, -0.15) is 0 Å². The first kappa shape index (κ1) is 9.49. The van der Waals surface area contributed by atoms with Crippen LogP contribution < -0.4 is 0 Å². The maximum atomic E-state index is 7.23. The van der Waals surface area contributed by atoms with Crippen LogP contribution in [0.3, 0.4) is 0 Å². The fourth-order valence-electron chi connectivity index (χ4n) is 0. The van der Waals surface area contributed by atoms with Crippen LogP contribution in [0.1, 0.15) is 0 Å². The fourth-order valence-corrected chi connectivity index (χ4v) is 0. The molecule has 0 fully saturated rings. The second-order valence-electron chi connectivity index (χ2n) is 0.268. The summed E-state index contributed by atoms with van der Waals surface area (Å²) >= 11 is 0. The van der Waals surface area contributed by atoms with Gasteiger partial charge >= 0.3 is 8.60 Å². The van der Waals surface area contributed by atoms with E-state index < -0.39 is 8.60 Å². The Morgan fingerprint density at radius 3 is 1.00 bits per heavy atom. The van der Waals surface area contributed by atoms with Crippen LogP contribution in [-0.2, 0) is 25.8 Å². The molecule has 0 aliphatic carbocycles. The summed E-state index contributed by atoms with van der Waals surface area (Å²) in [6, 6.07) is 0. The molecule has 0 heterocycles. The molecule has 0 aromatic heterocycles. The molecule has 3 nitrogen and oxygen atoms in total. The normalized spacial score (nSPS) is 7.20. The first-order chi connectivity index (χ1) is 1.73. The topological polar surface area (TPSA) is 60.7 Å². The Kier molecular flexibility index (Phi) is 9.83. The van der Waals surface area contributed by atoms with E-state index in [-0.39, 0.29) is 25.8 Å². The zero-order chi connectivity index (χ0) is 3.58. The zero-order valence-corrected chi connectivity index (χ0v) is 5.06. The summed E-state index contributed by atoms with van der Waals surface area (Å²) in [5.41, 5.74) is 0. The molecule has 0 aliphatic rings. The van der Waals surface area contributed by atoms with Crippen molar-refractivity contribution in [3.05, 3.63) is 0 Å². The summed E-state index contributed by atoms with van der Waals surface area (Å²) in [7, 11) is -2.62. The third-order valence-corrected chi connectivity index (χ3v) is 0. The number of hydrogen-bond donors (Lipinski definition) is 3. The smallest absolute Gasteiger partial charge is 0.324 e. The number of hydrogen-bond acceptors (Lipinski definition) is 3. The van der Waals surface area contributed by atoms with Gasteiger partial charge in [0.05, 0.1) is 0 Å². The van der Waals surface area contributed by atoms with Gasteiger partial charge in [0.25, 0.3) is 0 Å². The summed E-state index contributed by atoms with van der Waals surface area (Å²) < 4.78 is 0. The Bertz CT molecular complexity index is 11.6. The van der Waals surface area contributed by atoms with E-state index in [1.807, 2.05) is 0 Å². The second-order valence-corrected chi connectivity index (χ2v) is 0.805. The molecule has 1 radical (unpaired) electrons. The minimum absolute atomic E-state index is 0. The molecule has 0 bridgehead atoms. The van der Waals surface area contributed by atoms with Crippen molar-refractivity contribution in [2.45, 2.75) is 0 Å². The molecular weight excluding hydrogens is 124 g/mol. The molecule has 0 aliphatic heterocycles. The van der Waals surface area contributed by atoms with Gasteiger partial charge in [-0.15, -0.1) is 0 Å². The van der Waals surface area contributed by atoms with Crippen LogP contribution in [-0.4, -0.2) is 14.7 Å². The van der Waals surface area contributed by atoms with E-state index in [0.29, 0.717) is 0 Å². The van der Waals surface area contributed by atoms with Crippen molar-refractivity contribution in [1.29, 1.82) is 0 Å². The van der Waals surface area contributed by atoms with Gasteiger partial charge in [0.15, 0.2) is 0 Å². The van der Waals surface area contributed by atoms with Crippen molar-refractivity contribution in [3.63, 3.8) is 0 Å². The Morgan fingerprint density at radius 2 is 1.00 bits per heavy atom. The van der Waals surface area contributed by atoms with Crippen molar-refractivity contribution in [1.82, 2.24) is 0 Å². The Labute approximate surface area is 49.4 Å². The molecule has 0 saturated heterocycles. The fraction of sp³-hybridized carbons (Fsp3) is 0. The van der Waals surface area contributed by atoms with Gasteiger partial charge in [-0.1, -0.05) is 0 Å². The summed E-state index contributed by atoms with van der Waals surface area (Å²) in [5.74, 6) is 0. The van der Waals surface area contributed by atoms with Crippen LogP contribution in [0.4, 0.5) is 0 Å². The van der Waals surface area contributed by atoms with Crippen LogP contribution in [0.2, 0.25) is 0 Å². The van der Waals surface area contributed by atoms with Crippen LogP contribution in [0.15, 0.2) is 0 Å². The predicted octanol–water partition coefficient (Wildman–Crippen LogP) is -0.812. The average Bonchev–Trinajstić information content (AvgIpc) is 0.811. The molecule has 0 aromatic rings. The molecule has 29 valence electrons. The van der Waals surface area contributed by atoms with Gasteiger partial charge in [-0.05, 0) is 0 Å². The first-order valence-electron chi connectivity index (χ1n) is 0.600. The average molecular weight is 127 g/mol. The first-order valence-corrected chi connectivity index (χ1v) is 1.80. The molecule has 0 amide bonds. The molecule has 0 saturated carbocycles. The summed E-state index contributed by atoms with van der Waals surface area (Å²) in [6.45, 7) is 0. The van der Waals surface area contributed by atoms with Gasteiger partial charge in [0, 0.05) is 25.8 Å². The standard InChI is InChI=1S/H3O3P.Sc/c1-4(2)3;/h1-3H;. The van der Waals surface area contributed by atoms with Crippen molar-refractivity contribution in [3.8, 4) is 0 Å². The summed E-state index contributed by atoms with van der Waals surface area (Å²) in [4.78, 5) is 21.7. The van der Waals surface area contributed by atoms with Crippen molar-refractivity contribution >= 4 is 8.60 Å². The van der Waals surface area contributed by atoms with Crippen LogP contribution in [0.5, 0.6) is 0 Å². The minimum Gasteiger partial charge on any atom is -0.328 e. The van der Waals surface area contributed by atoms with E-state index in [1.54, 1.807) is 0 Å². The Balaban J connectivity index is 0. The van der Waals surface area contributed by atoms with E-state index in [2.05, 4.69) is 0 Å². The Hall–Kier alpha value is 1.18. The molecule has 5 heteroatoms. The van der Waals surface area contributed by atoms with Crippen molar-refractivity contribution in [2.24, 2.45) is 0 Å². The second kappa shape index (κ2) is 5.18. The van der Waals surface area contributed by atoms with Gasteiger partial charge in [-0.3, -0.25) is 0 Å². The van der Waals surface area contributed by atoms with Gasteiger partial charge < -0.3 is 14.7 Å². The van der Waals surface area contributed by atoms with Gasteiger partial charge in [-0.25, -0.2) is 0 Å². The maximum absolute atomic E-state index is 7.23. The number of rotatable bonds is 0. The molecular formula is H3O3PSc. The minimum atomic E-state index is -2.62. The molecule has 0 aromatic carbocycles. The van der Waals surface area contributed by atoms with Crippen molar-refractivity contribution in [2.75, 3.05) is 0 Å². The maximum Gasteiger partial charge on any atom is 0.324 e. The third-order valence-electron chi connectivity index (χ3n) is 0. The SMILES string of the molecule is OP(O)O.[Sc]. The van der Waals surface area contributed by atoms with Crippen LogP contribution in [0, 0.1) is 0 Å². The van der Waals surface area contributed by atoms with Crippen LogP contribution in [0.25, 0.3) is 0 Å². The summed E-state index contributed by atoms with van der Waals surface area (Å²) in [6.07, 6.45) is 0. The molecule has 0 spiro atoms. The molecule has 0 atom stereocenters. The Morgan fingerprint density at radius 1 is 1.00 bits per heavy atom. The van der Waals surface area contributed by atoms with Gasteiger partial charge in [0.1, 0.15) is 0 Å². The zero-order valence-electron chi connectivity index (χ0n) is 2.37. The predicted molar refractivity (Wildman–Crippen MR) is 13.6 cm³/mol. The monoisotopic (exact) mass is 127 g/mol. The summed E-state index contributed by atoms with van der Waals surface area (Å²) in [5, 5.41) is 0. The molecule has 5 heavy (non-hydrogen) atoms. The van der Waals surface area contributed by atoms with Gasteiger partial charge in [0.2, 0.25) is 0 Å². The largest absolute Gasteiger partial charge is 0.328 e.